The van der Waals surface area contributed by atoms with E-state index in [1.165, 1.54) is 19.2 Å². The van der Waals surface area contributed by atoms with E-state index >= 15 is 0 Å². The fourth-order valence-electron chi connectivity index (χ4n) is 2.37. The van der Waals surface area contributed by atoms with E-state index in [-0.39, 0.29) is 15.8 Å². The smallest absolute Gasteiger partial charge is 0.268 e. The molecule has 0 atom stereocenters. The summed E-state index contributed by atoms with van der Waals surface area (Å²) in [6.07, 6.45) is 0.975. The van der Waals surface area contributed by atoms with Crippen molar-refractivity contribution in [2.45, 2.75) is 11.8 Å². The first-order valence-corrected chi connectivity index (χ1v) is 8.05. The molecule has 0 saturated carbocycles. The fraction of sp³-hybridized carbons (Fsp3) is 0.125. The van der Waals surface area contributed by atoms with Crippen molar-refractivity contribution < 1.29 is 17.5 Å². The summed E-state index contributed by atoms with van der Waals surface area (Å²) in [5, 5.41) is 0.153. The fourth-order valence-corrected chi connectivity index (χ4v) is 3.72. The highest BCUT2D eigenvalue weighted by molar-refractivity contribution is 7.90. The third-order valence-corrected chi connectivity index (χ3v) is 5.20. The molecule has 3 rings (SSSR count). The zero-order chi connectivity index (χ0) is 15.9. The van der Waals surface area contributed by atoms with Crippen molar-refractivity contribution in [1.82, 2.24) is 3.97 Å². The van der Waals surface area contributed by atoms with E-state index in [1.54, 1.807) is 30.3 Å². The second-order valence-electron chi connectivity index (χ2n) is 4.95. The molecule has 3 aromatic rings. The van der Waals surface area contributed by atoms with Gasteiger partial charge in [-0.2, -0.15) is 0 Å². The summed E-state index contributed by atoms with van der Waals surface area (Å²) in [6, 6.07) is 11.2. The molecule has 0 aliphatic heterocycles. The maximum atomic E-state index is 14.2. The lowest BCUT2D eigenvalue weighted by Gasteiger charge is -2.08. The van der Waals surface area contributed by atoms with Crippen LogP contribution in [0.1, 0.15) is 5.56 Å². The molecular weight excluding hydrogens is 305 g/mol. The molecule has 1 heterocycles. The Morgan fingerprint density at radius 1 is 1.09 bits per heavy atom. The van der Waals surface area contributed by atoms with Gasteiger partial charge in [-0.25, -0.2) is 16.8 Å². The molecule has 6 heteroatoms. The van der Waals surface area contributed by atoms with Crippen molar-refractivity contribution in [3.63, 3.8) is 0 Å². The van der Waals surface area contributed by atoms with Crippen LogP contribution in [0.2, 0.25) is 0 Å². The molecule has 0 N–H and O–H groups in total. The molecule has 0 bridgehead atoms. The number of rotatable bonds is 3. The number of aryl methyl sites for hydroxylation is 1. The Hall–Kier alpha value is -2.34. The van der Waals surface area contributed by atoms with E-state index in [9.17, 15) is 12.8 Å². The Balaban J connectivity index is 2.28. The van der Waals surface area contributed by atoms with Crippen LogP contribution in [0.15, 0.2) is 53.6 Å². The minimum Gasteiger partial charge on any atom is -0.496 e. The van der Waals surface area contributed by atoms with Crippen LogP contribution in [-0.4, -0.2) is 19.5 Å². The number of halogens is 1. The molecule has 1 aromatic heterocycles. The minimum absolute atomic E-state index is 0.109. The highest BCUT2D eigenvalue weighted by Crippen LogP contribution is 2.31. The minimum atomic E-state index is -3.87. The number of fused-ring (bicyclic) bond motifs is 1. The molecule has 22 heavy (non-hydrogen) atoms. The average Bonchev–Trinajstić information content (AvgIpc) is 2.86. The SMILES string of the molecule is COc1cccc2c1c(F)cn2S(=O)(=O)c1ccc(C)cc1. The summed E-state index contributed by atoms with van der Waals surface area (Å²) in [5.41, 5.74) is 1.20. The van der Waals surface area contributed by atoms with E-state index in [2.05, 4.69) is 0 Å². The van der Waals surface area contributed by atoms with Crippen molar-refractivity contribution in [3.05, 3.63) is 60.0 Å². The topological polar surface area (TPSA) is 48.3 Å². The quantitative estimate of drug-likeness (QED) is 0.744. The second-order valence-corrected chi connectivity index (χ2v) is 6.76. The predicted octanol–water partition coefficient (Wildman–Crippen LogP) is 3.33. The van der Waals surface area contributed by atoms with Crippen molar-refractivity contribution in [3.8, 4) is 5.75 Å². The summed E-state index contributed by atoms with van der Waals surface area (Å²) in [7, 11) is -2.45. The number of methoxy groups -OCH3 is 1. The lowest BCUT2D eigenvalue weighted by atomic mass is 10.2. The number of nitrogens with zero attached hydrogens (tertiary/aromatic N) is 1. The Bertz CT molecular complexity index is 943. The van der Waals surface area contributed by atoms with Crippen LogP contribution in [0.3, 0.4) is 0 Å². The Kier molecular flexibility index (Phi) is 3.41. The normalized spacial score (nSPS) is 11.8. The molecule has 114 valence electrons. The highest BCUT2D eigenvalue weighted by atomic mass is 32.2. The maximum absolute atomic E-state index is 14.2. The molecule has 0 saturated heterocycles. The van der Waals surface area contributed by atoms with Crippen molar-refractivity contribution in [2.24, 2.45) is 0 Å². The van der Waals surface area contributed by atoms with Crippen LogP contribution < -0.4 is 4.74 Å². The zero-order valence-electron chi connectivity index (χ0n) is 12.1. The first-order chi connectivity index (χ1) is 10.4. The number of ether oxygens (including phenoxy) is 1. The van der Waals surface area contributed by atoms with Crippen LogP contribution in [0.4, 0.5) is 4.39 Å². The summed E-state index contributed by atoms with van der Waals surface area (Å²) in [6.45, 7) is 1.87. The molecule has 4 nitrogen and oxygen atoms in total. The molecule has 0 unspecified atom stereocenters. The zero-order valence-corrected chi connectivity index (χ0v) is 12.9. The van der Waals surface area contributed by atoms with Gasteiger partial charge in [0.25, 0.3) is 10.0 Å². The van der Waals surface area contributed by atoms with Gasteiger partial charge in [0.1, 0.15) is 5.75 Å². The molecule has 0 radical (unpaired) electrons. The molecular formula is C16H14FNO3S. The van der Waals surface area contributed by atoms with Gasteiger partial charge in [0.05, 0.1) is 29.1 Å². The van der Waals surface area contributed by atoms with Gasteiger partial charge in [0.2, 0.25) is 0 Å². The Morgan fingerprint density at radius 2 is 1.77 bits per heavy atom. The molecule has 0 aliphatic rings. The summed E-state index contributed by atoms with van der Waals surface area (Å²) in [5.74, 6) is -0.337. The predicted molar refractivity (Wildman–Crippen MR) is 82.2 cm³/mol. The van der Waals surface area contributed by atoms with Gasteiger partial charge in [-0.05, 0) is 31.2 Å². The average molecular weight is 319 g/mol. The largest absolute Gasteiger partial charge is 0.496 e. The number of aromatic nitrogens is 1. The van der Waals surface area contributed by atoms with Crippen molar-refractivity contribution >= 4 is 20.9 Å². The summed E-state index contributed by atoms with van der Waals surface area (Å²) < 4.78 is 45.7. The van der Waals surface area contributed by atoms with Crippen molar-refractivity contribution in [1.29, 1.82) is 0 Å². The van der Waals surface area contributed by atoms with E-state index in [4.69, 9.17) is 4.74 Å². The van der Waals surface area contributed by atoms with Gasteiger partial charge < -0.3 is 4.74 Å². The van der Waals surface area contributed by atoms with Crippen LogP contribution in [-0.2, 0) is 10.0 Å². The van der Waals surface area contributed by atoms with Crippen molar-refractivity contribution in [2.75, 3.05) is 7.11 Å². The monoisotopic (exact) mass is 319 g/mol. The third kappa shape index (κ3) is 2.16. The first kappa shape index (κ1) is 14.6. The van der Waals surface area contributed by atoms with Gasteiger partial charge in [-0.1, -0.05) is 23.8 Å². The Morgan fingerprint density at radius 3 is 2.41 bits per heavy atom. The molecule has 0 aliphatic carbocycles. The van der Waals surface area contributed by atoms with Crippen LogP contribution >= 0.6 is 0 Å². The third-order valence-electron chi connectivity index (χ3n) is 3.51. The lowest BCUT2D eigenvalue weighted by Crippen LogP contribution is -2.11. The second kappa shape index (κ2) is 5.14. The lowest BCUT2D eigenvalue weighted by molar-refractivity contribution is 0.418. The van der Waals surface area contributed by atoms with Crippen LogP contribution in [0.25, 0.3) is 10.9 Å². The standard InChI is InChI=1S/C16H14FNO3S/c1-11-6-8-12(9-7-11)22(19,20)18-10-13(17)16-14(18)4-3-5-15(16)21-2/h3-10H,1-2H3. The molecule has 0 spiro atoms. The summed E-state index contributed by atoms with van der Waals surface area (Å²) >= 11 is 0. The van der Waals surface area contributed by atoms with Gasteiger partial charge >= 0.3 is 0 Å². The number of hydrogen-bond acceptors (Lipinski definition) is 3. The van der Waals surface area contributed by atoms with Crippen LogP contribution in [0, 0.1) is 12.7 Å². The highest BCUT2D eigenvalue weighted by Gasteiger charge is 2.22. The van der Waals surface area contributed by atoms with Gasteiger partial charge in [-0.15, -0.1) is 0 Å². The van der Waals surface area contributed by atoms with Gasteiger partial charge in [-0.3, -0.25) is 0 Å². The Labute approximate surface area is 127 Å². The molecule has 0 fully saturated rings. The molecule has 0 amide bonds. The molecule has 2 aromatic carbocycles. The van der Waals surface area contributed by atoms with E-state index in [0.717, 1.165) is 15.7 Å². The van der Waals surface area contributed by atoms with E-state index in [1.807, 2.05) is 6.92 Å². The van der Waals surface area contributed by atoms with E-state index in [0.29, 0.717) is 5.75 Å². The number of hydrogen-bond donors (Lipinski definition) is 0. The van der Waals surface area contributed by atoms with Gasteiger partial charge in [0.15, 0.2) is 5.82 Å². The number of benzene rings is 2. The summed E-state index contributed by atoms with van der Waals surface area (Å²) in [4.78, 5) is 0.109. The van der Waals surface area contributed by atoms with E-state index < -0.39 is 15.8 Å². The van der Waals surface area contributed by atoms with Crippen LogP contribution in [0.5, 0.6) is 5.75 Å². The first-order valence-electron chi connectivity index (χ1n) is 6.61. The maximum Gasteiger partial charge on any atom is 0.268 e. The van der Waals surface area contributed by atoms with Gasteiger partial charge in [0, 0.05) is 0 Å².